The van der Waals surface area contributed by atoms with Crippen LogP contribution in [0.5, 0.6) is 5.75 Å². The normalized spacial score (nSPS) is 15.2. The van der Waals surface area contributed by atoms with E-state index >= 15 is 0 Å². The molecule has 4 rings (SSSR count). The average Bonchev–Trinajstić information content (AvgIpc) is 3.38. The molecule has 1 amide bonds. The third-order valence-corrected chi connectivity index (χ3v) is 6.68. The highest BCUT2D eigenvalue weighted by molar-refractivity contribution is 6.16. The van der Waals surface area contributed by atoms with Crippen LogP contribution in [0.2, 0.25) is 0 Å². The standard InChI is InChI=1S/C31H32N2O5/c1-20-14-15-23(16-21(20)2)29-17-28(32-33(29)22(3)34)26-12-8-9-13-30(26)38-18-24-10-6-7-11-25(24)27(19-36-4)31(35)37-5/h6-16,19,29H,17-18H2,1-5H3/b27-19+. The number of carbonyl (C=O) groups excluding carboxylic acids is 2. The van der Waals surface area contributed by atoms with Crippen LogP contribution in [0.15, 0.2) is 78.1 Å². The number of amides is 1. The largest absolute Gasteiger partial charge is 0.503 e. The molecule has 1 unspecified atom stereocenters. The fourth-order valence-electron chi connectivity index (χ4n) is 4.54. The average molecular weight is 513 g/mol. The predicted octanol–water partition coefficient (Wildman–Crippen LogP) is 5.74. The van der Waals surface area contributed by atoms with Crippen LogP contribution in [0.4, 0.5) is 0 Å². The summed E-state index contributed by atoms with van der Waals surface area (Å²) in [5.41, 5.74) is 6.79. The molecule has 0 spiro atoms. The molecule has 0 saturated heterocycles. The molecule has 0 radical (unpaired) electrons. The number of aryl methyl sites for hydroxylation is 2. The maximum Gasteiger partial charge on any atom is 0.341 e. The molecule has 0 aromatic heterocycles. The van der Waals surface area contributed by atoms with Crippen molar-refractivity contribution >= 4 is 23.2 Å². The summed E-state index contributed by atoms with van der Waals surface area (Å²) in [5, 5.41) is 6.28. The Hall–Kier alpha value is -4.39. The Balaban J connectivity index is 1.62. The van der Waals surface area contributed by atoms with Crippen LogP contribution in [0.25, 0.3) is 5.57 Å². The number of hydrogen-bond donors (Lipinski definition) is 0. The van der Waals surface area contributed by atoms with Gasteiger partial charge in [0, 0.05) is 18.9 Å². The van der Waals surface area contributed by atoms with Crippen molar-refractivity contribution in [2.75, 3.05) is 14.2 Å². The first-order valence-corrected chi connectivity index (χ1v) is 12.4. The summed E-state index contributed by atoms with van der Waals surface area (Å²) in [4.78, 5) is 24.9. The number of ether oxygens (including phenoxy) is 3. The quantitative estimate of drug-likeness (QED) is 0.219. The second-order valence-corrected chi connectivity index (χ2v) is 9.17. The molecule has 3 aromatic rings. The maximum absolute atomic E-state index is 12.5. The van der Waals surface area contributed by atoms with E-state index in [1.165, 1.54) is 38.5 Å². The van der Waals surface area contributed by atoms with E-state index in [9.17, 15) is 9.59 Å². The van der Waals surface area contributed by atoms with Gasteiger partial charge in [-0.2, -0.15) is 5.10 Å². The van der Waals surface area contributed by atoms with Crippen molar-refractivity contribution in [3.63, 3.8) is 0 Å². The summed E-state index contributed by atoms with van der Waals surface area (Å²) in [6, 6.07) is 21.2. The molecule has 0 fully saturated rings. The van der Waals surface area contributed by atoms with E-state index in [1.807, 2.05) is 48.5 Å². The molecule has 196 valence electrons. The van der Waals surface area contributed by atoms with Crippen LogP contribution >= 0.6 is 0 Å². The molecule has 38 heavy (non-hydrogen) atoms. The van der Waals surface area contributed by atoms with E-state index in [4.69, 9.17) is 19.3 Å². The Labute approximate surface area is 223 Å². The third-order valence-electron chi connectivity index (χ3n) is 6.68. The topological polar surface area (TPSA) is 77.4 Å². The lowest BCUT2D eigenvalue weighted by molar-refractivity contribution is -0.134. The van der Waals surface area contributed by atoms with Gasteiger partial charge in [0.2, 0.25) is 5.91 Å². The predicted molar refractivity (Wildman–Crippen MR) is 147 cm³/mol. The number of rotatable bonds is 8. The van der Waals surface area contributed by atoms with Crippen molar-refractivity contribution < 1.29 is 23.8 Å². The lowest BCUT2D eigenvalue weighted by Gasteiger charge is -2.21. The summed E-state index contributed by atoms with van der Waals surface area (Å²) in [5.74, 6) is 0.0261. The molecule has 7 heteroatoms. The number of carbonyl (C=O) groups is 2. The lowest BCUT2D eigenvalue weighted by Crippen LogP contribution is -2.24. The van der Waals surface area contributed by atoms with Gasteiger partial charge in [0.1, 0.15) is 17.9 Å². The first kappa shape index (κ1) is 26.7. The summed E-state index contributed by atoms with van der Waals surface area (Å²) >= 11 is 0. The number of para-hydroxylation sites is 1. The van der Waals surface area contributed by atoms with Gasteiger partial charge >= 0.3 is 5.97 Å². The molecule has 1 heterocycles. The monoisotopic (exact) mass is 512 g/mol. The second-order valence-electron chi connectivity index (χ2n) is 9.17. The van der Waals surface area contributed by atoms with Gasteiger partial charge in [-0.1, -0.05) is 54.6 Å². The Bertz CT molecular complexity index is 1410. The van der Waals surface area contributed by atoms with E-state index in [2.05, 4.69) is 32.0 Å². The minimum absolute atomic E-state index is 0.115. The van der Waals surface area contributed by atoms with Crippen molar-refractivity contribution in [2.24, 2.45) is 5.10 Å². The highest BCUT2D eigenvalue weighted by atomic mass is 16.5. The van der Waals surface area contributed by atoms with Crippen molar-refractivity contribution in [3.8, 4) is 5.75 Å². The minimum atomic E-state index is -0.498. The fraction of sp³-hybridized carbons (Fsp3) is 0.258. The number of benzene rings is 3. The van der Waals surface area contributed by atoms with Crippen molar-refractivity contribution in [2.45, 2.75) is 39.8 Å². The fourth-order valence-corrected chi connectivity index (χ4v) is 4.54. The SMILES string of the molecule is CO/C=C(/C(=O)OC)c1ccccc1COc1ccccc1C1=NN(C(C)=O)C(c2ccc(C)c(C)c2)C1. The summed E-state index contributed by atoms with van der Waals surface area (Å²) in [6.45, 7) is 5.88. The number of hydrogen-bond acceptors (Lipinski definition) is 6. The van der Waals surface area contributed by atoms with E-state index in [0.717, 1.165) is 22.4 Å². The van der Waals surface area contributed by atoms with E-state index in [-0.39, 0.29) is 18.6 Å². The number of nitrogens with zero attached hydrogens (tertiary/aromatic N) is 2. The van der Waals surface area contributed by atoms with Crippen LogP contribution < -0.4 is 4.74 Å². The minimum Gasteiger partial charge on any atom is -0.503 e. The molecule has 3 aromatic carbocycles. The number of methoxy groups -OCH3 is 2. The van der Waals surface area contributed by atoms with Gasteiger partial charge in [0.05, 0.1) is 32.2 Å². The van der Waals surface area contributed by atoms with Gasteiger partial charge in [-0.15, -0.1) is 0 Å². The number of hydrazone groups is 1. The van der Waals surface area contributed by atoms with Crippen LogP contribution in [0, 0.1) is 13.8 Å². The van der Waals surface area contributed by atoms with Crippen LogP contribution in [0.1, 0.15) is 52.8 Å². The van der Waals surface area contributed by atoms with Crippen molar-refractivity contribution in [1.29, 1.82) is 0 Å². The van der Waals surface area contributed by atoms with Crippen LogP contribution in [-0.2, 0) is 25.7 Å². The molecular formula is C31H32N2O5. The zero-order valence-electron chi connectivity index (χ0n) is 22.4. The van der Waals surface area contributed by atoms with E-state index in [1.54, 1.807) is 5.01 Å². The smallest absolute Gasteiger partial charge is 0.341 e. The second kappa shape index (κ2) is 11.8. The van der Waals surface area contributed by atoms with Gasteiger partial charge in [-0.05, 0) is 53.8 Å². The Morgan fingerprint density at radius 2 is 1.74 bits per heavy atom. The molecule has 0 saturated carbocycles. The molecule has 0 N–H and O–H groups in total. The highest BCUT2D eigenvalue weighted by Crippen LogP contribution is 2.36. The zero-order valence-corrected chi connectivity index (χ0v) is 22.4. The molecule has 1 aliphatic rings. The first-order chi connectivity index (χ1) is 18.3. The van der Waals surface area contributed by atoms with Gasteiger partial charge in [-0.25, -0.2) is 9.80 Å². The summed E-state index contributed by atoms with van der Waals surface area (Å²) in [7, 11) is 2.81. The summed E-state index contributed by atoms with van der Waals surface area (Å²) < 4.78 is 16.3. The number of esters is 1. The molecule has 0 aliphatic carbocycles. The van der Waals surface area contributed by atoms with Gasteiger partial charge in [0.15, 0.2) is 0 Å². The van der Waals surface area contributed by atoms with Crippen molar-refractivity contribution in [3.05, 3.63) is 106 Å². The lowest BCUT2D eigenvalue weighted by atomic mass is 9.95. The Kier molecular flexibility index (Phi) is 8.26. The van der Waals surface area contributed by atoms with E-state index < -0.39 is 5.97 Å². The highest BCUT2D eigenvalue weighted by Gasteiger charge is 2.32. The third kappa shape index (κ3) is 5.62. The van der Waals surface area contributed by atoms with Crippen LogP contribution in [-0.4, -0.2) is 36.8 Å². The Morgan fingerprint density at radius 3 is 2.45 bits per heavy atom. The molecule has 7 nitrogen and oxygen atoms in total. The van der Waals surface area contributed by atoms with Crippen molar-refractivity contribution in [1.82, 2.24) is 5.01 Å². The Morgan fingerprint density at radius 1 is 1.00 bits per heavy atom. The molecular weight excluding hydrogens is 480 g/mol. The van der Waals surface area contributed by atoms with E-state index in [0.29, 0.717) is 23.3 Å². The zero-order chi connectivity index (χ0) is 27.2. The van der Waals surface area contributed by atoms with Crippen LogP contribution in [0.3, 0.4) is 0 Å². The first-order valence-electron chi connectivity index (χ1n) is 12.4. The van der Waals surface area contributed by atoms with Gasteiger partial charge < -0.3 is 14.2 Å². The molecule has 1 aliphatic heterocycles. The maximum atomic E-state index is 12.5. The molecule has 0 bridgehead atoms. The molecule has 1 atom stereocenters. The van der Waals surface area contributed by atoms with Gasteiger partial charge in [0.25, 0.3) is 0 Å². The summed E-state index contributed by atoms with van der Waals surface area (Å²) in [6.07, 6.45) is 1.94. The van der Waals surface area contributed by atoms with Gasteiger partial charge in [-0.3, -0.25) is 4.79 Å².